The van der Waals surface area contributed by atoms with Crippen LogP contribution < -0.4 is 4.90 Å². The number of hydrogen-bond donors (Lipinski definition) is 0. The molecule has 0 bridgehead atoms. The molecule has 57 heavy (non-hydrogen) atoms. The minimum absolute atomic E-state index is 0.668. The van der Waals surface area contributed by atoms with Crippen LogP contribution in [-0.2, 0) is 0 Å². The van der Waals surface area contributed by atoms with Gasteiger partial charge in [-0.15, -0.1) is 11.3 Å². The third kappa shape index (κ3) is 5.93. The van der Waals surface area contributed by atoms with Crippen LogP contribution in [0.5, 0.6) is 0 Å². The van der Waals surface area contributed by atoms with Crippen molar-refractivity contribution in [2.24, 2.45) is 0 Å². The van der Waals surface area contributed by atoms with Crippen molar-refractivity contribution in [3.8, 4) is 45.0 Å². The smallest absolute Gasteiger partial charge is 0.160 e. The molecule has 0 aliphatic heterocycles. The van der Waals surface area contributed by atoms with E-state index in [0.29, 0.717) is 5.82 Å². The Morgan fingerprint density at radius 2 is 0.982 bits per heavy atom. The van der Waals surface area contributed by atoms with Crippen LogP contribution in [0.25, 0.3) is 87.1 Å². The Morgan fingerprint density at radius 1 is 0.386 bits per heavy atom. The van der Waals surface area contributed by atoms with Gasteiger partial charge in [-0.3, -0.25) is 0 Å². The van der Waals surface area contributed by atoms with Crippen LogP contribution in [-0.4, -0.2) is 9.97 Å². The van der Waals surface area contributed by atoms with Crippen LogP contribution in [0.4, 0.5) is 17.1 Å². The molecule has 0 aliphatic rings. The van der Waals surface area contributed by atoms with Crippen molar-refractivity contribution in [1.82, 2.24) is 9.97 Å². The minimum Gasteiger partial charge on any atom is -0.456 e. The fourth-order valence-corrected chi connectivity index (χ4v) is 9.10. The van der Waals surface area contributed by atoms with E-state index in [9.17, 15) is 0 Å². The zero-order valence-corrected chi connectivity index (χ0v) is 31.5. The second kappa shape index (κ2) is 13.7. The highest BCUT2D eigenvalue weighted by molar-refractivity contribution is 7.25. The molecular weight excluding hydrogens is 715 g/mol. The number of para-hydroxylation sites is 1. The number of thiophene rings is 1. The number of benzene rings is 8. The molecule has 5 heteroatoms. The Morgan fingerprint density at radius 3 is 1.75 bits per heavy atom. The van der Waals surface area contributed by atoms with E-state index in [-0.39, 0.29) is 0 Å². The molecule has 0 atom stereocenters. The zero-order valence-electron chi connectivity index (χ0n) is 30.7. The highest BCUT2D eigenvalue weighted by Gasteiger charge is 2.22. The standard InChI is InChI=1S/C52H33N3OS/c1-4-14-34(15-5-1)35-24-26-38(27-25-35)55(39-28-29-42-41-20-11-13-23-49(41)57-50(42)32-39)40-30-44(51-43-21-10-12-22-47(43)56-48(51)31-40)46-33-45(36-16-6-2-7-17-36)53-52(54-46)37-18-8-3-9-19-37/h1-33H. The van der Waals surface area contributed by atoms with Crippen molar-refractivity contribution in [1.29, 1.82) is 0 Å². The molecule has 268 valence electrons. The Bertz CT molecular complexity index is 3170. The van der Waals surface area contributed by atoms with Crippen molar-refractivity contribution >= 4 is 70.5 Å². The molecule has 0 fully saturated rings. The number of rotatable bonds is 7. The first-order valence-electron chi connectivity index (χ1n) is 19.1. The van der Waals surface area contributed by atoms with Gasteiger partial charge in [-0.25, -0.2) is 9.97 Å². The first kappa shape index (κ1) is 33.0. The van der Waals surface area contributed by atoms with Crippen molar-refractivity contribution in [3.05, 3.63) is 200 Å². The molecule has 0 spiro atoms. The molecule has 0 saturated heterocycles. The predicted octanol–water partition coefficient (Wildman–Crippen LogP) is 14.9. The van der Waals surface area contributed by atoms with Gasteiger partial charge in [0, 0.05) is 65.1 Å². The molecule has 0 radical (unpaired) electrons. The van der Waals surface area contributed by atoms with Crippen LogP contribution in [0.2, 0.25) is 0 Å². The van der Waals surface area contributed by atoms with Crippen molar-refractivity contribution < 1.29 is 4.42 Å². The Kier molecular flexibility index (Phi) is 7.97. The van der Waals surface area contributed by atoms with Crippen LogP contribution >= 0.6 is 11.3 Å². The third-order valence-electron chi connectivity index (χ3n) is 10.7. The van der Waals surface area contributed by atoms with E-state index in [4.69, 9.17) is 14.4 Å². The van der Waals surface area contributed by atoms with E-state index < -0.39 is 0 Å². The fourth-order valence-electron chi connectivity index (χ4n) is 7.96. The highest BCUT2D eigenvalue weighted by Crippen LogP contribution is 2.46. The van der Waals surface area contributed by atoms with Gasteiger partial charge in [0.25, 0.3) is 0 Å². The lowest BCUT2D eigenvalue weighted by Gasteiger charge is -2.26. The van der Waals surface area contributed by atoms with Crippen molar-refractivity contribution in [2.45, 2.75) is 0 Å². The number of hydrogen-bond acceptors (Lipinski definition) is 5. The third-order valence-corrected chi connectivity index (χ3v) is 11.8. The van der Waals surface area contributed by atoms with E-state index >= 15 is 0 Å². The molecule has 0 N–H and O–H groups in total. The summed E-state index contributed by atoms with van der Waals surface area (Å²) in [5, 5.41) is 4.60. The summed E-state index contributed by atoms with van der Waals surface area (Å²) in [5.41, 5.74) is 11.7. The maximum atomic E-state index is 6.73. The first-order chi connectivity index (χ1) is 28.2. The summed E-state index contributed by atoms with van der Waals surface area (Å²) in [6.07, 6.45) is 0. The molecule has 3 aromatic heterocycles. The summed E-state index contributed by atoms with van der Waals surface area (Å²) in [7, 11) is 0. The summed E-state index contributed by atoms with van der Waals surface area (Å²) in [5.74, 6) is 0.668. The Labute approximate surface area is 333 Å². The van der Waals surface area contributed by atoms with Gasteiger partial charge in [-0.1, -0.05) is 146 Å². The quantitative estimate of drug-likeness (QED) is 0.163. The lowest BCUT2D eigenvalue weighted by Crippen LogP contribution is -2.10. The second-order valence-corrected chi connectivity index (χ2v) is 15.3. The number of nitrogens with zero attached hydrogens (tertiary/aromatic N) is 3. The summed E-state index contributed by atoms with van der Waals surface area (Å²) in [6.45, 7) is 0. The Hall–Kier alpha value is -7.34. The molecule has 0 unspecified atom stereocenters. The van der Waals surface area contributed by atoms with Crippen LogP contribution in [0.3, 0.4) is 0 Å². The van der Waals surface area contributed by atoms with Crippen LogP contribution in [0, 0.1) is 0 Å². The van der Waals surface area contributed by atoms with Crippen molar-refractivity contribution in [3.63, 3.8) is 0 Å². The van der Waals surface area contributed by atoms with E-state index in [1.165, 1.54) is 25.7 Å². The predicted molar refractivity (Wildman–Crippen MR) is 239 cm³/mol. The van der Waals surface area contributed by atoms with Crippen LogP contribution in [0.15, 0.2) is 205 Å². The molecule has 0 amide bonds. The van der Waals surface area contributed by atoms with Crippen molar-refractivity contribution in [2.75, 3.05) is 4.90 Å². The lowest BCUT2D eigenvalue weighted by atomic mass is 9.99. The molecule has 3 heterocycles. The molecule has 8 aromatic carbocycles. The first-order valence-corrected chi connectivity index (χ1v) is 19.9. The van der Waals surface area contributed by atoms with Gasteiger partial charge in [-0.05, 0) is 59.7 Å². The summed E-state index contributed by atoms with van der Waals surface area (Å²) >= 11 is 1.83. The van der Waals surface area contributed by atoms with Gasteiger partial charge in [0.1, 0.15) is 11.2 Å². The number of fused-ring (bicyclic) bond motifs is 6. The number of furan rings is 1. The Balaban J connectivity index is 1.17. The van der Waals surface area contributed by atoms with Crippen LogP contribution in [0.1, 0.15) is 0 Å². The summed E-state index contributed by atoms with van der Waals surface area (Å²) < 4.78 is 9.24. The highest BCUT2D eigenvalue weighted by atomic mass is 32.1. The largest absolute Gasteiger partial charge is 0.456 e. The van der Waals surface area contributed by atoms with E-state index in [0.717, 1.165) is 72.6 Å². The van der Waals surface area contributed by atoms with Gasteiger partial charge >= 0.3 is 0 Å². The van der Waals surface area contributed by atoms with E-state index in [1.54, 1.807) is 0 Å². The van der Waals surface area contributed by atoms with Gasteiger partial charge in [0.05, 0.1) is 17.1 Å². The van der Waals surface area contributed by atoms with Gasteiger partial charge in [0.2, 0.25) is 0 Å². The fraction of sp³-hybridized carbons (Fsp3) is 0. The van der Waals surface area contributed by atoms with Gasteiger partial charge in [0.15, 0.2) is 5.82 Å². The number of aromatic nitrogens is 2. The monoisotopic (exact) mass is 747 g/mol. The molecular formula is C52H33N3OS. The van der Waals surface area contributed by atoms with E-state index in [2.05, 4.69) is 169 Å². The average molecular weight is 748 g/mol. The molecule has 11 rings (SSSR count). The minimum atomic E-state index is 0.668. The summed E-state index contributed by atoms with van der Waals surface area (Å²) in [4.78, 5) is 12.8. The van der Waals surface area contributed by atoms with Gasteiger partial charge in [-0.2, -0.15) is 0 Å². The lowest BCUT2D eigenvalue weighted by molar-refractivity contribution is 0.669. The van der Waals surface area contributed by atoms with E-state index in [1.807, 2.05) is 47.7 Å². The summed E-state index contributed by atoms with van der Waals surface area (Å²) in [6, 6.07) is 70.2. The molecule has 0 aliphatic carbocycles. The van der Waals surface area contributed by atoms with Gasteiger partial charge < -0.3 is 9.32 Å². The topological polar surface area (TPSA) is 42.2 Å². The maximum absolute atomic E-state index is 6.73. The SMILES string of the molecule is c1ccc(-c2ccc(N(c3cc(-c4cc(-c5ccccc5)nc(-c5ccccc5)n4)c4c(c3)oc3ccccc34)c3ccc4c(c3)sc3ccccc34)cc2)cc1. The average Bonchev–Trinajstić information content (AvgIpc) is 3.85. The maximum Gasteiger partial charge on any atom is 0.160 e. The second-order valence-electron chi connectivity index (χ2n) is 14.2. The normalized spacial score (nSPS) is 11.5. The molecule has 4 nitrogen and oxygen atoms in total. The zero-order chi connectivity index (χ0) is 37.7. The number of anilines is 3. The molecule has 11 aromatic rings. The molecule has 0 saturated carbocycles.